The average molecular weight is 486 g/mol. The Hall–Kier alpha value is -4.01. The number of para-hydroxylation sites is 1. The number of rotatable bonds is 6. The highest BCUT2D eigenvalue weighted by Crippen LogP contribution is 2.37. The van der Waals surface area contributed by atoms with E-state index in [9.17, 15) is 13.2 Å². The van der Waals surface area contributed by atoms with E-state index in [-0.39, 0.29) is 12.1 Å². The lowest BCUT2D eigenvalue weighted by Crippen LogP contribution is -2.25. The summed E-state index contributed by atoms with van der Waals surface area (Å²) in [6.45, 7) is 0. The van der Waals surface area contributed by atoms with Crippen molar-refractivity contribution in [3.8, 4) is 11.5 Å². The summed E-state index contributed by atoms with van der Waals surface area (Å²) >= 11 is 0. The fourth-order valence-electron chi connectivity index (χ4n) is 3.75. The highest BCUT2D eigenvalue weighted by Gasteiger charge is 2.38. The van der Waals surface area contributed by atoms with Crippen LogP contribution in [0.25, 0.3) is 0 Å². The van der Waals surface area contributed by atoms with Crippen LogP contribution < -0.4 is 14.8 Å². The van der Waals surface area contributed by atoms with Crippen LogP contribution in [0.4, 0.5) is 13.2 Å². The number of nitrogens with zero attached hydrogens (tertiary/aromatic N) is 1. The molecule has 0 aromatic heterocycles. The lowest BCUT2D eigenvalue weighted by molar-refractivity contribution is -0.192. The zero-order chi connectivity index (χ0) is 25.4. The number of benzene rings is 3. The number of carbonyl (C=O) groups is 1. The van der Waals surface area contributed by atoms with E-state index in [0.717, 1.165) is 22.9 Å². The number of aliphatic imine (C=N–C) groups is 1. The zero-order valence-electron chi connectivity index (χ0n) is 19.1. The molecule has 0 radical (unpaired) electrons. The van der Waals surface area contributed by atoms with Crippen molar-refractivity contribution in [1.29, 1.82) is 0 Å². The Labute approximate surface area is 201 Å². The summed E-state index contributed by atoms with van der Waals surface area (Å²) < 4.78 is 42.8. The molecule has 2 atom stereocenters. The standard InChI is InChI=1S/C24H24N2O2.C2HF3O2/c1-27-20-15-9-14-19(24(20)28-2)16-21-25-22(17-10-5-3-6-11-17)23(26-21)18-12-7-4-8-13-18;3-2(4,5)1(6)7/h3-15,22-23H,16H2,1-2H3,(H,25,26);(H,6,7)/t22-,23+;. The SMILES string of the molecule is COc1cccc(CC2=N[C@H](c3ccccc3)[C@H](c3ccccc3)N2)c1OC.O=C(O)C(F)(F)F. The van der Waals surface area contributed by atoms with Gasteiger partial charge in [0.25, 0.3) is 0 Å². The second kappa shape index (κ2) is 11.4. The van der Waals surface area contributed by atoms with Crippen LogP contribution in [-0.4, -0.2) is 37.3 Å². The largest absolute Gasteiger partial charge is 0.493 e. The van der Waals surface area contributed by atoms with Crippen LogP contribution in [0.3, 0.4) is 0 Å². The number of aliphatic carboxylic acids is 1. The van der Waals surface area contributed by atoms with Crippen LogP contribution in [0, 0.1) is 0 Å². The van der Waals surface area contributed by atoms with Gasteiger partial charge in [0.2, 0.25) is 0 Å². The molecule has 6 nitrogen and oxygen atoms in total. The lowest BCUT2D eigenvalue weighted by atomic mass is 9.95. The summed E-state index contributed by atoms with van der Waals surface area (Å²) in [6, 6.07) is 27.0. The Kier molecular flexibility index (Phi) is 8.35. The maximum Gasteiger partial charge on any atom is 0.490 e. The number of hydrogen-bond donors (Lipinski definition) is 2. The van der Waals surface area contributed by atoms with Gasteiger partial charge in [-0.05, 0) is 17.2 Å². The number of hydrogen-bond acceptors (Lipinski definition) is 5. The third kappa shape index (κ3) is 6.53. The molecule has 0 amide bonds. The Bertz CT molecular complexity index is 1150. The number of alkyl halides is 3. The van der Waals surface area contributed by atoms with Gasteiger partial charge in [-0.1, -0.05) is 72.8 Å². The van der Waals surface area contributed by atoms with Crippen molar-refractivity contribution >= 4 is 11.8 Å². The van der Waals surface area contributed by atoms with Crippen molar-refractivity contribution in [3.05, 3.63) is 95.6 Å². The second-order valence-electron chi connectivity index (χ2n) is 7.60. The van der Waals surface area contributed by atoms with Gasteiger partial charge in [-0.15, -0.1) is 0 Å². The molecule has 1 heterocycles. The monoisotopic (exact) mass is 486 g/mol. The molecule has 0 fully saturated rings. The van der Waals surface area contributed by atoms with E-state index in [4.69, 9.17) is 24.4 Å². The third-order valence-electron chi connectivity index (χ3n) is 5.32. The number of carboxylic acids is 1. The molecule has 1 aliphatic heterocycles. The van der Waals surface area contributed by atoms with Crippen LogP contribution in [0.15, 0.2) is 83.9 Å². The van der Waals surface area contributed by atoms with E-state index < -0.39 is 12.1 Å². The number of carboxylic acid groups (broad SMARTS) is 1. The van der Waals surface area contributed by atoms with Gasteiger partial charge in [0.1, 0.15) is 11.9 Å². The summed E-state index contributed by atoms with van der Waals surface area (Å²) in [7, 11) is 3.33. The smallest absolute Gasteiger partial charge is 0.490 e. The van der Waals surface area contributed by atoms with Crippen molar-refractivity contribution in [2.45, 2.75) is 24.7 Å². The molecular weight excluding hydrogens is 461 g/mol. The second-order valence-corrected chi connectivity index (χ2v) is 7.60. The molecular formula is C26H25F3N2O4. The Balaban J connectivity index is 0.000000429. The number of halogens is 3. The van der Waals surface area contributed by atoms with E-state index in [2.05, 4.69) is 59.9 Å². The minimum Gasteiger partial charge on any atom is -0.493 e. The van der Waals surface area contributed by atoms with E-state index in [1.807, 2.05) is 24.3 Å². The predicted octanol–water partition coefficient (Wildman–Crippen LogP) is 5.36. The first-order valence-electron chi connectivity index (χ1n) is 10.7. The topological polar surface area (TPSA) is 80.1 Å². The van der Waals surface area contributed by atoms with Gasteiger partial charge in [0.05, 0.1) is 20.3 Å². The first kappa shape index (κ1) is 25.6. The molecule has 3 aromatic carbocycles. The molecule has 3 aromatic rings. The van der Waals surface area contributed by atoms with Crippen LogP contribution in [0.5, 0.6) is 11.5 Å². The maximum atomic E-state index is 10.6. The first-order valence-corrected chi connectivity index (χ1v) is 10.7. The molecule has 2 N–H and O–H groups in total. The van der Waals surface area contributed by atoms with Gasteiger partial charge in [0.15, 0.2) is 11.5 Å². The van der Waals surface area contributed by atoms with Gasteiger partial charge >= 0.3 is 12.1 Å². The van der Waals surface area contributed by atoms with E-state index in [1.165, 1.54) is 11.1 Å². The predicted molar refractivity (Wildman–Crippen MR) is 126 cm³/mol. The molecule has 0 saturated carbocycles. The zero-order valence-corrected chi connectivity index (χ0v) is 19.1. The van der Waals surface area contributed by atoms with Crippen molar-refractivity contribution in [2.75, 3.05) is 14.2 Å². The van der Waals surface area contributed by atoms with Gasteiger partial charge in [0, 0.05) is 12.0 Å². The summed E-state index contributed by atoms with van der Waals surface area (Å²) in [4.78, 5) is 13.9. The highest BCUT2D eigenvalue weighted by atomic mass is 19.4. The van der Waals surface area contributed by atoms with Gasteiger partial charge in [-0.25, -0.2) is 4.79 Å². The van der Waals surface area contributed by atoms with Crippen molar-refractivity contribution in [3.63, 3.8) is 0 Å². The van der Waals surface area contributed by atoms with Crippen molar-refractivity contribution in [1.82, 2.24) is 5.32 Å². The normalized spacial score (nSPS) is 16.9. The van der Waals surface area contributed by atoms with Crippen LogP contribution in [0.1, 0.15) is 28.8 Å². The molecule has 0 bridgehead atoms. The summed E-state index contributed by atoms with van der Waals surface area (Å²) in [5, 5.41) is 10.8. The summed E-state index contributed by atoms with van der Waals surface area (Å²) in [5.41, 5.74) is 3.48. The van der Waals surface area contributed by atoms with Crippen molar-refractivity contribution in [2.24, 2.45) is 4.99 Å². The molecule has 0 aliphatic carbocycles. The lowest BCUT2D eigenvalue weighted by Gasteiger charge is -2.20. The third-order valence-corrected chi connectivity index (χ3v) is 5.32. The number of amidine groups is 1. The van der Waals surface area contributed by atoms with E-state index in [1.54, 1.807) is 14.2 Å². The number of nitrogens with one attached hydrogen (secondary N) is 1. The molecule has 9 heteroatoms. The van der Waals surface area contributed by atoms with Crippen LogP contribution >= 0.6 is 0 Å². The minimum atomic E-state index is -5.08. The number of ether oxygens (including phenoxy) is 2. The van der Waals surface area contributed by atoms with Crippen LogP contribution in [-0.2, 0) is 11.2 Å². The van der Waals surface area contributed by atoms with Crippen molar-refractivity contribution < 1.29 is 32.5 Å². The molecule has 0 unspecified atom stereocenters. The van der Waals surface area contributed by atoms with E-state index in [0.29, 0.717) is 6.42 Å². The average Bonchev–Trinajstić information content (AvgIpc) is 3.28. The molecule has 4 rings (SSSR count). The quantitative estimate of drug-likeness (QED) is 0.490. The minimum absolute atomic E-state index is 0.0372. The molecule has 0 spiro atoms. The van der Waals surface area contributed by atoms with Crippen LogP contribution in [0.2, 0.25) is 0 Å². The van der Waals surface area contributed by atoms with Gasteiger partial charge < -0.3 is 19.9 Å². The highest BCUT2D eigenvalue weighted by molar-refractivity contribution is 5.87. The molecule has 184 valence electrons. The Morgan fingerprint density at radius 3 is 2.00 bits per heavy atom. The number of methoxy groups -OCH3 is 2. The first-order chi connectivity index (χ1) is 16.7. The van der Waals surface area contributed by atoms with Gasteiger partial charge in [-0.2, -0.15) is 13.2 Å². The Morgan fingerprint density at radius 1 is 0.914 bits per heavy atom. The van der Waals surface area contributed by atoms with Gasteiger partial charge in [-0.3, -0.25) is 4.99 Å². The molecule has 1 aliphatic rings. The summed E-state index contributed by atoms with van der Waals surface area (Å²) in [5.74, 6) is -0.312. The fourth-order valence-corrected chi connectivity index (χ4v) is 3.75. The molecule has 0 saturated heterocycles. The maximum absolute atomic E-state index is 10.6. The Morgan fingerprint density at radius 2 is 1.49 bits per heavy atom. The molecule has 35 heavy (non-hydrogen) atoms. The summed E-state index contributed by atoms with van der Waals surface area (Å²) in [6.07, 6.45) is -4.42. The fraction of sp³-hybridized carbons (Fsp3) is 0.231. The van der Waals surface area contributed by atoms with E-state index >= 15 is 0 Å².